The monoisotopic (exact) mass is 271 g/mol. The van der Waals surface area contributed by atoms with Crippen molar-refractivity contribution in [3.8, 4) is 0 Å². The Bertz CT molecular complexity index is 452. The lowest BCUT2D eigenvalue weighted by molar-refractivity contribution is 0.145. The van der Waals surface area contributed by atoms with E-state index in [1.165, 1.54) is 6.33 Å². The molecule has 0 saturated heterocycles. The summed E-state index contributed by atoms with van der Waals surface area (Å²) in [7, 11) is 1.78. The van der Waals surface area contributed by atoms with E-state index in [-0.39, 0.29) is 0 Å². The maximum Gasteiger partial charge on any atom is 0.169 e. The number of hydrogen-bond donors (Lipinski definition) is 1. The molecule has 0 aliphatic carbocycles. The summed E-state index contributed by atoms with van der Waals surface area (Å²) >= 11 is 3.18. The molecular weight excluding hydrogens is 262 g/mol. The molecule has 1 atom stereocenters. The fourth-order valence-corrected chi connectivity index (χ4v) is 1.60. The molecule has 6 heteroatoms. The molecule has 0 aromatic carbocycles. The van der Waals surface area contributed by atoms with Gasteiger partial charge in [0.25, 0.3) is 0 Å². The van der Waals surface area contributed by atoms with E-state index in [2.05, 4.69) is 26.0 Å². The molecule has 0 aliphatic heterocycles. The lowest BCUT2D eigenvalue weighted by Gasteiger charge is -2.06. The van der Waals surface area contributed by atoms with E-state index in [1.54, 1.807) is 23.9 Å². The molecule has 0 bridgehead atoms. The van der Waals surface area contributed by atoms with Crippen LogP contribution in [-0.4, -0.2) is 19.9 Å². The molecule has 80 valence electrons. The summed E-state index contributed by atoms with van der Waals surface area (Å²) in [5.41, 5.74) is 0. The van der Waals surface area contributed by atoms with Gasteiger partial charge in [-0.1, -0.05) is 0 Å². The second kappa shape index (κ2) is 4.16. The summed E-state index contributed by atoms with van der Waals surface area (Å²) in [6.45, 7) is 0. The van der Waals surface area contributed by atoms with Crippen molar-refractivity contribution < 1.29 is 9.52 Å². The standard InChI is InChI=1S/C9H10BrN3O2/c1-13-9(11-5-12-13)4-6(14)7-2-3-8(10)15-7/h2-3,5-6,14H,4H2,1H3. The van der Waals surface area contributed by atoms with Gasteiger partial charge in [0.15, 0.2) is 4.67 Å². The number of furan rings is 1. The predicted octanol–water partition coefficient (Wildman–Crippen LogP) is 1.45. The van der Waals surface area contributed by atoms with Crippen molar-refractivity contribution >= 4 is 15.9 Å². The lowest BCUT2D eigenvalue weighted by atomic mass is 10.2. The van der Waals surface area contributed by atoms with Crippen LogP contribution in [0, 0.1) is 0 Å². The van der Waals surface area contributed by atoms with E-state index < -0.39 is 6.10 Å². The second-order valence-electron chi connectivity index (χ2n) is 3.16. The molecule has 0 aliphatic rings. The van der Waals surface area contributed by atoms with Crippen LogP contribution in [0.2, 0.25) is 0 Å². The van der Waals surface area contributed by atoms with Gasteiger partial charge in [-0.25, -0.2) is 4.98 Å². The van der Waals surface area contributed by atoms with Crippen molar-refractivity contribution in [3.05, 3.63) is 34.7 Å². The highest BCUT2D eigenvalue weighted by Crippen LogP contribution is 2.22. The Morgan fingerprint density at radius 2 is 2.40 bits per heavy atom. The highest BCUT2D eigenvalue weighted by atomic mass is 79.9. The fraction of sp³-hybridized carbons (Fsp3) is 0.333. The molecule has 2 aromatic rings. The number of nitrogens with zero attached hydrogens (tertiary/aromatic N) is 3. The van der Waals surface area contributed by atoms with E-state index in [1.807, 2.05) is 0 Å². The van der Waals surface area contributed by atoms with Gasteiger partial charge in [-0.15, -0.1) is 0 Å². The lowest BCUT2D eigenvalue weighted by Crippen LogP contribution is -2.06. The van der Waals surface area contributed by atoms with Crippen LogP contribution in [-0.2, 0) is 13.5 Å². The first-order valence-corrected chi connectivity index (χ1v) is 5.22. The number of hydrogen-bond acceptors (Lipinski definition) is 4. The van der Waals surface area contributed by atoms with Crippen LogP contribution >= 0.6 is 15.9 Å². The van der Waals surface area contributed by atoms with Gasteiger partial charge in [-0.3, -0.25) is 4.68 Å². The van der Waals surface area contributed by atoms with Gasteiger partial charge in [0.1, 0.15) is 24.0 Å². The van der Waals surface area contributed by atoms with Crippen LogP contribution in [0.25, 0.3) is 0 Å². The van der Waals surface area contributed by atoms with E-state index in [4.69, 9.17) is 4.42 Å². The van der Waals surface area contributed by atoms with Crippen molar-refractivity contribution in [1.82, 2.24) is 14.8 Å². The van der Waals surface area contributed by atoms with Gasteiger partial charge in [0.05, 0.1) is 0 Å². The topological polar surface area (TPSA) is 64.1 Å². The number of aliphatic hydroxyl groups is 1. The Kier molecular flexibility index (Phi) is 2.88. The zero-order valence-electron chi connectivity index (χ0n) is 8.09. The maximum atomic E-state index is 9.83. The third-order valence-corrected chi connectivity index (χ3v) is 2.53. The first-order chi connectivity index (χ1) is 7.16. The summed E-state index contributed by atoms with van der Waals surface area (Å²) in [6.07, 6.45) is 1.15. The first kappa shape index (κ1) is 10.4. The molecule has 0 spiro atoms. The van der Waals surface area contributed by atoms with E-state index in [0.29, 0.717) is 16.9 Å². The smallest absolute Gasteiger partial charge is 0.169 e. The molecule has 2 rings (SSSR count). The molecule has 1 N–H and O–H groups in total. The Balaban J connectivity index is 2.10. The molecule has 0 amide bonds. The Morgan fingerprint density at radius 1 is 1.60 bits per heavy atom. The summed E-state index contributed by atoms with van der Waals surface area (Å²) in [4.78, 5) is 4.03. The largest absolute Gasteiger partial charge is 0.452 e. The van der Waals surface area contributed by atoms with Crippen molar-refractivity contribution in [1.29, 1.82) is 0 Å². The van der Waals surface area contributed by atoms with Crippen LogP contribution in [0.15, 0.2) is 27.5 Å². The molecule has 2 aromatic heterocycles. The molecule has 5 nitrogen and oxygen atoms in total. The zero-order chi connectivity index (χ0) is 10.8. The molecular formula is C9H10BrN3O2. The molecule has 0 saturated carbocycles. The summed E-state index contributed by atoms with van der Waals surface area (Å²) in [5, 5.41) is 13.8. The van der Waals surface area contributed by atoms with Gasteiger partial charge < -0.3 is 9.52 Å². The van der Waals surface area contributed by atoms with E-state index in [9.17, 15) is 5.11 Å². The average Bonchev–Trinajstić information content (AvgIpc) is 2.77. The summed E-state index contributed by atoms with van der Waals surface area (Å²) in [5.74, 6) is 1.24. The third kappa shape index (κ3) is 2.27. The van der Waals surface area contributed by atoms with Gasteiger partial charge in [0, 0.05) is 13.5 Å². The second-order valence-corrected chi connectivity index (χ2v) is 3.94. The van der Waals surface area contributed by atoms with Gasteiger partial charge in [0.2, 0.25) is 0 Å². The Labute approximate surface area is 94.9 Å². The predicted molar refractivity (Wildman–Crippen MR) is 56.1 cm³/mol. The molecule has 2 heterocycles. The number of aliphatic hydroxyl groups excluding tert-OH is 1. The molecule has 15 heavy (non-hydrogen) atoms. The molecule has 1 unspecified atom stereocenters. The van der Waals surface area contributed by atoms with Crippen molar-refractivity contribution in [3.63, 3.8) is 0 Å². The number of rotatable bonds is 3. The maximum absolute atomic E-state index is 9.83. The van der Waals surface area contributed by atoms with Crippen LogP contribution in [0.3, 0.4) is 0 Å². The van der Waals surface area contributed by atoms with Crippen LogP contribution < -0.4 is 0 Å². The van der Waals surface area contributed by atoms with E-state index in [0.717, 1.165) is 5.82 Å². The summed E-state index contributed by atoms with van der Waals surface area (Å²) in [6, 6.07) is 3.47. The van der Waals surface area contributed by atoms with Crippen LogP contribution in [0.5, 0.6) is 0 Å². The average molecular weight is 272 g/mol. The van der Waals surface area contributed by atoms with Gasteiger partial charge >= 0.3 is 0 Å². The highest BCUT2D eigenvalue weighted by molar-refractivity contribution is 9.10. The first-order valence-electron chi connectivity index (χ1n) is 4.43. The van der Waals surface area contributed by atoms with Gasteiger partial charge in [-0.2, -0.15) is 5.10 Å². The van der Waals surface area contributed by atoms with Gasteiger partial charge in [-0.05, 0) is 28.1 Å². The Hall–Kier alpha value is -1.14. The minimum absolute atomic E-state index is 0.385. The van der Waals surface area contributed by atoms with Crippen LogP contribution in [0.1, 0.15) is 17.7 Å². The fourth-order valence-electron chi connectivity index (χ4n) is 1.29. The molecule has 0 fully saturated rings. The normalized spacial score (nSPS) is 13.0. The Morgan fingerprint density at radius 3 is 2.93 bits per heavy atom. The minimum Gasteiger partial charge on any atom is -0.452 e. The summed E-state index contributed by atoms with van der Waals surface area (Å²) < 4.78 is 7.48. The highest BCUT2D eigenvalue weighted by Gasteiger charge is 2.15. The zero-order valence-corrected chi connectivity index (χ0v) is 9.68. The quantitative estimate of drug-likeness (QED) is 0.918. The van der Waals surface area contributed by atoms with Crippen LogP contribution in [0.4, 0.5) is 0 Å². The SMILES string of the molecule is Cn1ncnc1CC(O)c1ccc(Br)o1. The number of aromatic nitrogens is 3. The number of aryl methyl sites for hydroxylation is 1. The number of halogens is 1. The van der Waals surface area contributed by atoms with E-state index >= 15 is 0 Å². The minimum atomic E-state index is -0.695. The van der Waals surface area contributed by atoms with Crippen molar-refractivity contribution in [2.45, 2.75) is 12.5 Å². The third-order valence-electron chi connectivity index (χ3n) is 2.10. The van der Waals surface area contributed by atoms with Crippen molar-refractivity contribution in [2.75, 3.05) is 0 Å². The molecule has 0 radical (unpaired) electrons. The van der Waals surface area contributed by atoms with Crippen molar-refractivity contribution in [2.24, 2.45) is 7.05 Å².